The van der Waals surface area contributed by atoms with Crippen molar-refractivity contribution >= 4 is 29.7 Å². The summed E-state index contributed by atoms with van der Waals surface area (Å²) in [6, 6.07) is 2.13. The van der Waals surface area contributed by atoms with Crippen molar-refractivity contribution in [1.82, 2.24) is 4.90 Å². The van der Waals surface area contributed by atoms with Crippen molar-refractivity contribution in [1.29, 1.82) is 0 Å². The van der Waals surface area contributed by atoms with E-state index in [-0.39, 0.29) is 18.3 Å². The van der Waals surface area contributed by atoms with Gasteiger partial charge in [-0.1, -0.05) is 0 Å². The number of carbonyl (C=O) groups excluding carboxylic acids is 1. The Morgan fingerprint density at radius 3 is 3.12 bits per heavy atom. The predicted octanol–water partition coefficient (Wildman–Crippen LogP) is 1.79. The molecule has 0 spiro atoms. The molecule has 5 heteroatoms. The zero-order valence-corrected chi connectivity index (χ0v) is 10.8. The van der Waals surface area contributed by atoms with E-state index in [0.29, 0.717) is 13.0 Å². The van der Waals surface area contributed by atoms with Gasteiger partial charge in [-0.25, -0.2) is 0 Å². The first-order valence-corrected chi connectivity index (χ1v) is 6.22. The summed E-state index contributed by atoms with van der Waals surface area (Å²) in [4.78, 5) is 15.2. The van der Waals surface area contributed by atoms with Crippen LogP contribution < -0.4 is 5.73 Å². The number of hydrogen-bond acceptors (Lipinski definition) is 3. The Bertz CT molecular complexity index is 354. The van der Waals surface area contributed by atoms with Gasteiger partial charge in [0.1, 0.15) is 0 Å². The van der Waals surface area contributed by atoms with Gasteiger partial charge >= 0.3 is 0 Å². The van der Waals surface area contributed by atoms with E-state index in [1.807, 2.05) is 4.90 Å². The van der Waals surface area contributed by atoms with Crippen LogP contribution in [0.4, 0.5) is 0 Å². The molecule has 90 valence electrons. The van der Waals surface area contributed by atoms with Gasteiger partial charge in [-0.3, -0.25) is 4.79 Å². The van der Waals surface area contributed by atoms with Crippen LogP contribution in [0.15, 0.2) is 11.4 Å². The van der Waals surface area contributed by atoms with Crippen LogP contribution in [-0.4, -0.2) is 23.9 Å². The van der Waals surface area contributed by atoms with E-state index in [4.69, 9.17) is 5.73 Å². The lowest BCUT2D eigenvalue weighted by Crippen LogP contribution is -2.35. The van der Waals surface area contributed by atoms with Crippen molar-refractivity contribution in [3.8, 4) is 0 Å². The van der Waals surface area contributed by atoms with Crippen LogP contribution in [0.2, 0.25) is 0 Å². The zero-order valence-electron chi connectivity index (χ0n) is 9.15. The van der Waals surface area contributed by atoms with E-state index in [1.54, 1.807) is 11.3 Å². The number of halogens is 1. The minimum atomic E-state index is 0. The minimum absolute atomic E-state index is 0. The van der Waals surface area contributed by atoms with Gasteiger partial charge in [0, 0.05) is 24.4 Å². The summed E-state index contributed by atoms with van der Waals surface area (Å²) in [5.41, 5.74) is 6.72. The fourth-order valence-corrected chi connectivity index (χ4v) is 2.76. The summed E-state index contributed by atoms with van der Waals surface area (Å²) in [7, 11) is 0. The monoisotopic (exact) mass is 260 g/mol. The minimum Gasteiger partial charge on any atom is -0.338 e. The average Bonchev–Trinajstić information content (AvgIpc) is 2.72. The number of nitrogens with two attached hydrogens (primary N) is 1. The van der Waals surface area contributed by atoms with Crippen LogP contribution in [0.3, 0.4) is 0 Å². The summed E-state index contributed by atoms with van der Waals surface area (Å²) >= 11 is 1.80. The lowest BCUT2D eigenvalue weighted by Gasteiger charge is -2.27. The molecule has 16 heavy (non-hydrogen) atoms. The molecule has 0 aromatic carbocycles. The van der Waals surface area contributed by atoms with Crippen molar-refractivity contribution in [2.24, 2.45) is 5.73 Å². The maximum Gasteiger partial charge on any atom is 0.222 e. The fourth-order valence-electron chi connectivity index (χ4n) is 1.87. The van der Waals surface area contributed by atoms with Crippen molar-refractivity contribution in [3.63, 3.8) is 0 Å². The SMILES string of the molecule is Cl.NCCCC(=O)N1CCc2sccc2C1. The van der Waals surface area contributed by atoms with Crippen LogP contribution in [0.25, 0.3) is 0 Å². The van der Waals surface area contributed by atoms with Gasteiger partial charge in [-0.15, -0.1) is 23.7 Å². The second-order valence-electron chi connectivity index (χ2n) is 3.83. The Morgan fingerprint density at radius 1 is 1.56 bits per heavy atom. The molecule has 0 radical (unpaired) electrons. The van der Waals surface area contributed by atoms with E-state index in [1.165, 1.54) is 10.4 Å². The number of hydrogen-bond donors (Lipinski definition) is 1. The Labute approximate surface area is 106 Å². The Hall–Kier alpha value is -0.580. The maximum absolute atomic E-state index is 11.8. The van der Waals surface area contributed by atoms with E-state index in [9.17, 15) is 4.79 Å². The van der Waals surface area contributed by atoms with Gasteiger partial charge in [0.05, 0.1) is 0 Å². The van der Waals surface area contributed by atoms with Crippen LogP contribution in [0, 0.1) is 0 Å². The number of carbonyl (C=O) groups is 1. The number of thiophene rings is 1. The predicted molar refractivity (Wildman–Crippen MR) is 69.0 cm³/mol. The molecule has 0 bridgehead atoms. The molecule has 2 heterocycles. The van der Waals surface area contributed by atoms with E-state index < -0.39 is 0 Å². The van der Waals surface area contributed by atoms with Crippen LogP contribution >= 0.6 is 23.7 Å². The van der Waals surface area contributed by atoms with Crippen molar-refractivity contribution in [2.75, 3.05) is 13.1 Å². The third-order valence-electron chi connectivity index (χ3n) is 2.76. The van der Waals surface area contributed by atoms with Crippen LogP contribution in [-0.2, 0) is 17.8 Å². The molecule has 0 atom stereocenters. The quantitative estimate of drug-likeness (QED) is 0.901. The van der Waals surface area contributed by atoms with Gasteiger partial charge in [-0.05, 0) is 36.4 Å². The molecule has 0 saturated carbocycles. The topological polar surface area (TPSA) is 46.3 Å². The number of nitrogens with zero attached hydrogens (tertiary/aromatic N) is 1. The highest BCUT2D eigenvalue weighted by Crippen LogP contribution is 2.24. The molecule has 0 fully saturated rings. The lowest BCUT2D eigenvalue weighted by atomic mass is 10.1. The molecule has 1 aromatic heterocycles. The first kappa shape index (κ1) is 13.5. The molecule has 1 aromatic rings. The molecule has 1 aliphatic rings. The Kier molecular flexibility index (Phi) is 5.25. The molecule has 0 aliphatic carbocycles. The first-order chi connectivity index (χ1) is 7.31. The summed E-state index contributed by atoms with van der Waals surface area (Å²) in [6.07, 6.45) is 2.41. The normalized spacial score (nSPS) is 14.2. The summed E-state index contributed by atoms with van der Waals surface area (Å²) < 4.78 is 0. The molecular weight excluding hydrogens is 244 g/mol. The van der Waals surface area contributed by atoms with Crippen molar-refractivity contribution in [2.45, 2.75) is 25.8 Å². The smallest absolute Gasteiger partial charge is 0.222 e. The third kappa shape index (κ3) is 2.97. The van der Waals surface area contributed by atoms with E-state index >= 15 is 0 Å². The van der Waals surface area contributed by atoms with Gasteiger partial charge in [0.2, 0.25) is 5.91 Å². The molecule has 2 rings (SSSR count). The van der Waals surface area contributed by atoms with E-state index in [2.05, 4.69) is 11.4 Å². The fraction of sp³-hybridized carbons (Fsp3) is 0.545. The van der Waals surface area contributed by atoms with Crippen molar-refractivity contribution in [3.05, 3.63) is 21.9 Å². The molecule has 1 aliphatic heterocycles. The van der Waals surface area contributed by atoms with Gasteiger partial charge in [-0.2, -0.15) is 0 Å². The second-order valence-corrected chi connectivity index (χ2v) is 4.83. The van der Waals surface area contributed by atoms with Gasteiger partial charge in [0.15, 0.2) is 0 Å². The molecule has 0 saturated heterocycles. The van der Waals surface area contributed by atoms with Crippen LogP contribution in [0.1, 0.15) is 23.3 Å². The first-order valence-electron chi connectivity index (χ1n) is 5.34. The van der Waals surface area contributed by atoms with Gasteiger partial charge < -0.3 is 10.6 Å². The lowest BCUT2D eigenvalue weighted by molar-refractivity contribution is -0.132. The molecule has 3 nitrogen and oxygen atoms in total. The highest BCUT2D eigenvalue weighted by atomic mass is 35.5. The molecular formula is C11H17ClN2OS. The molecule has 1 amide bonds. The van der Waals surface area contributed by atoms with Crippen molar-refractivity contribution < 1.29 is 4.79 Å². The maximum atomic E-state index is 11.8. The third-order valence-corrected chi connectivity index (χ3v) is 3.78. The Balaban J connectivity index is 0.00000128. The average molecular weight is 261 g/mol. The number of fused-ring (bicyclic) bond motifs is 1. The molecule has 2 N–H and O–H groups in total. The molecule has 0 unspecified atom stereocenters. The summed E-state index contributed by atoms with van der Waals surface area (Å²) in [5, 5.41) is 2.11. The largest absolute Gasteiger partial charge is 0.338 e. The highest BCUT2D eigenvalue weighted by molar-refractivity contribution is 7.10. The zero-order chi connectivity index (χ0) is 10.7. The number of amides is 1. The van der Waals surface area contributed by atoms with Crippen LogP contribution in [0.5, 0.6) is 0 Å². The second kappa shape index (κ2) is 6.23. The number of rotatable bonds is 3. The summed E-state index contributed by atoms with van der Waals surface area (Å²) in [6.45, 7) is 2.27. The van der Waals surface area contributed by atoms with E-state index in [0.717, 1.165) is 25.9 Å². The summed E-state index contributed by atoms with van der Waals surface area (Å²) in [5.74, 6) is 0.248. The Morgan fingerprint density at radius 2 is 2.38 bits per heavy atom. The standard InChI is InChI=1S/C11H16N2OS.ClH/c12-5-1-2-11(14)13-6-3-10-9(8-13)4-7-15-10;/h4,7H,1-3,5-6,8,12H2;1H. The highest BCUT2D eigenvalue weighted by Gasteiger charge is 2.20. The van der Waals surface area contributed by atoms with Gasteiger partial charge in [0.25, 0.3) is 0 Å².